The molecule has 0 aliphatic heterocycles. The number of halogens is 1. The summed E-state index contributed by atoms with van der Waals surface area (Å²) in [4.78, 5) is 1.48. The molecule has 1 aromatic heterocycles. The lowest BCUT2D eigenvalue weighted by atomic mass is 9.99. The van der Waals surface area contributed by atoms with E-state index in [1.807, 2.05) is 11.3 Å². The smallest absolute Gasteiger partial charge is 0.0349 e. The van der Waals surface area contributed by atoms with Gasteiger partial charge in [0.25, 0.3) is 0 Å². The van der Waals surface area contributed by atoms with E-state index in [-0.39, 0.29) is 0 Å². The average molecular weight is 312 g/mol. The second kappa shape index (κ2) is 5.51. The van der Waals surface area contributed by atoms with Crippen LogP contribution >= 0.6 is 27.3 Å². The molecular weight excluding hydrogens is 294 g/mol. The number of hydrogen-bond acceptors (Lipinski definition) is 2. The predicted octanol–water partition coefficient (Wildman–Crippen LogP) is 4.90. The first-order chi connectivity index (χ1) is 8.13. The van der Waals surface area contributed by atoms with Crippen molar-refractivity contribution >= 4 is 37.4 Å². The molecule has 1 heterocycles. The maximum Gasteiger partial charge on any atom is 0.0349 e. The fourth-order valence-electron chi connectivity index (χ4n) is 2.14. The van der Waals surface area contributed by atoms with Crippen LogP contribution in [0.1, 0.15) is 37.1 Å². The van der Waals surface area contributed by atoms with Crippen LogP contribution in [-0.2, 0) is 6.54 Å². The maximum atomic E-state index is 3.57. The largest absolute Gasteiger partial charge is 0.312 e. The summed E-state index contributed by atoms with van der Waals surface area (Å²) in [6, 6.07) is 6.59. The van der Waals surface area contributed by atoms with Crippen molar-refractivity contribution in [3.63, 3.8) is 0 Å². The van der Waals surface area contributed by atoms with Gasteiger partial charge in [-0.25, -0.2) is 0 Å². The van der Waals surface area contributed by atoms with Crippen LogP contribution in [0.3, 0.4) is 0 Å². The Balaban J connectivity index is 2.54. The highest BCUT2D eigenvalue weighted by molar-refractivity contribution is 9.10. The van der Waals surface area contributed by atoms with Crippen LogP contribution in [0.25, 0.3) is 10.1 Å². The van der Waals surface area contributed by atoms with Gasteiger partial charge < -0.3 is 5.32 Å². The summed E-state index contributed by atoms with van der Waals surface area (Å²) in [5, 5.41) is 4.84. The van der Waals surface area contributed by atoms with Crippen molar-refractivity contribution in [3.05, 3.63) is 33.1 Å². The van der Waals surface area contributed by atoms with Gasteiger partial charge in [0.15, 0.2) is 0 Å². The molecule has 0 saturated heterocycles. The highest BCUT2D eigenvalue weighted by atomic mass is 79.9. The Morgan fingerprint density at radius 1 is 1.35 bits per heavy atom. The second-order valence-corrected chi connectivity index (χ2v) is 6.57. The Labute approximate surface area is 115 Å². The van der Waals surface area contributed by atoms with Crippen molar-refractivity contribution in [2.45, 2.75) is 33.2 Å². The molecule has 0 aliphatic rings. The van der Waals surface area contributed by atoms with Gasteiger partial charge in [-0.2, -0.15) is 0 Å². The van der Waals surface area contributed by atoms with E-state index in [0.717, 1.165) is 13.1 Å². The molecule has 0 bridgehead atoms. The van der Waals surface area contributed by atoms with Crippen molar-refractivity contribution in [2.75, 3.05) is 6.54 Å². The lowest BCUT2D eigenvalue weighted by molar-refractivity contribution is 0.723. The lowest BCUT2D eigenvalue weighted by Crippen LogP contribution is -2.12. The molecule has 1 N–H and O–H groups in total. The summed E-state index contributed by atoms with van der Waals surface area (Å²) >= 11 is 5.48. The van der Waals surface area contributed by atoms with Crippen LogP contribution in [0.15, 0.2) is 22.7 Å². The van der Waals surface area contributed by atoms with Crippen LogP contribution < -0.4 is 5.32 Å². The van der Waals surface area contributed by atoms with Crippen LogP contribution in [0.4, 0.5) is 0 Å². The quantitative estimate of drug-likeness (QED) is 0.847. The van der Waals surface area contributed by atoms with Crippen LogP contribution in [0.2, 0.25) is 0 Å². The van der Waals surface area contributed by atoms with E-state index in [0.29, 0.717) is 5.92 Å². The monoisotopic (exact) mass is 311 g/mol. The first kappa shape index (κ1) is 13.1. The van der Waals surface area contributed by atoms with E-state index in [9.17, 15) is 0 Å². The van der Waals surface area contributed by atoms with Crippen molar-refractivity contribution in [1.29, 1.82) is 0 Å². The van der Waals surface area contributed by atoms with E-state index in [2.05, 4.69) is 60.2 Å². The number of hydrogen-bond donors (Lipinski definition) is 1. The van der Waals surface area contributed by atoms with E-state index in [4.69, 9.17) is 0 Å². The zero-order chi connectivity index (χ0) is 12.4. The molecule has 2 rings (SSSR count). The summed E-state index contributed by atoms with van der Waals surface area (Å²) in [6.45, 7) is 8.71. The summed E-state index contributed by atoms with van der Waals surface area (Å²) in [7, 11) is 0. The molecule has 0 spiro atoms. The molecule has 2 aromatic rings. The standard InChI is InChI=1S/C14H18BrNS/c1-4-16-8-13-14(9(2)3)11-7-10(15)5-6-12(11)17-13/h5-7,9,16H,4,8H2,1-3H3. The first-order valence-corrected chi connectivity index (χ1v) is 7.66. The van der Waals surface area contributed by atoms with E-state index < -0.39 is 0 Å². The maximum absolute atomic E-state index is 3.57. The molecule has 17 heavy (non-hydrogen) atoms. The Kier molecular flexibility index (Phi) is 4.23. The fourth-order valence-corrected chi connectivity index (χ4v) is 3.81. The third-order valence-electron chi connectivity index (χ3n) is 2.88. The molecule has 0 saturated carbocycles. The number of benzene rings is 1. The van der Waals surface area contributed by atoms with Crippen LogP contribution in [0, 0.1) is 0 Å². The van der Waals surface area contributed by atoms with Crippen molar-refractivity contribution < 1.29 is 0 Å². The van der Waals surface area contributed by atoms with Crippen molar-refractivity contribution in [3.8, 4) is 0 Å². The van der Waals surface area contributed by atoms with E-state index in [1.165, 1.54) is 25.0 Å². The van der Waals surface area contributed by atoms with Gasteiger partial charge in [-0.15, -0.1) is 11.3 Å². The Bertz CT molecular complexity index is 516. The van der Waals surface area contributed by atoms with Crippen molar-refractivity contribution in [1.82, 2.24) is 5.32 Å². The molecule has 1 aromatic carbocycles. The number of fused-ring (bicyclic) bond motifs is 1. The van der Waals surface area contributed by atoms with Gasteiger partial charge in [0.2, 0.25) is 0 Å². The molecule has 0 radical (unpaired) electrons. The molecule has 0 atom stereocenters. The van der Waals surface area contributed by atoms with E-state index in [1.54, 1.807) is 0 Å². The molecule has 0 aliphatic carbocycles. The third-order valence-corrected chi connectivity index (χ3v) is 4.56. The molecule has 92 valence electrons. The van der Waals surface area contributed by atoms with Gasteiger partial charge in [0.05, 0.1) is 0 Å². The minimum atomic E-state index is 0.576. The minimum absolute atomic E-state index is 0.576. The number of thiophene rings is 1. The van der Waals surface area contributed by atoms with Crippen LogP contribution in [-0.4, -0.2) is 6.54 Å². The molecule has 1 nitrogen and oxygen atoms in total. The predicted molar refractivity (Wildman–Crippen MR) is 81.0 cm³/mol. The van der Waals surface area contributed by atoms with Gasteiger partial charge >= 0.3 is 0 Å². The van der Waals surface area contributed by atoms with Crippen molar-refractivity contribution in [2.24, 2.45) is 0 Å². The highest BCUT2D eigenvalue weighted by Crippen LogP contribution is 2.37. The summed E-state index contributed by atoms with van der Waals surface area (Å²) in [6.07, 6.45) is 0. The summed E-state index contributed by atoms with van der Waals surface area (Å²) < 4.78 is 2.56. The fraction of sp³-hybridized carbons (Fsp3) is 0.429. The van der Waals surface area contributed by atoms with Gasteiger partial charge in [-0.3, -0.25) is 0 Å². The Hall–Kier alpha value is -0.380. The van der Waals surface area contributed by atoms with Gasteiger partial charge in [0.1, 0.15) is 0 Å². The van der Waals surface area contributed by atoms with Gasteiger partial charge in [-0.1, -0.05) is 36.7 Å². The zero-order valence-corrected chi connectivity index (χ0v) is 12.9. The lowest BCUT2D eigenvalue weighted by Gasteiger charge is -2.08. The highest BCUT2D eigenvalue weighted by Gasteiger charge is 2.14. The normalized spacial score (nSPS) is 11.6. The molecule has 0 fully saturated rings. The minimum Gasteiger partial charge on any atom is -0.312 e. The Morgan fingerprint density at radius 3 is 2.76 bits per heavy atom. The number of rotatable bonds is 4. The van der Waals surface area contributed by atoms with Gasteiger partial charge in [-0.05, 0) is 41.6 Å². The average Bonchev–Trinajstić information content (AvgIpc) is 2.63. The topological polar surface area (TPSA) is 12.0 Å². The first-order valence-electron chi connectivity index (χ1n) is 6.05. The third kappa shape index (κ3) is 2.72. The molecule has 3 heteroatoms. The number of nitrogens with one attached hydrogen (secondary N) is 1. The van der Waals surface area contributed by atoms with Gasteiger partial charge in [0, 0.05) is 20.6 Å². The summed E-state index contributed by atoms with van der Waals surface area (Å²) in [5.41, 5.74) is 1.51. The molecule has 0 amide bonds. The molecule has 0 unspecified atom stereocenters. The zero-order valence-electron chi connectivity index (χ0n) is 10.5. The second-order valence-electron chi connectivity index (χ2n) is 4.51. The summed E-state index contributed by atoms with van der Waals surface area (Å²) in [5.74, 6) is 0.576. The molecular formula is C14H18BrNS. The van der Waals surface area contributed by atoms with E-state index >= 15 is 0 Å². The Morgan fingerprint density at radius 2 is 2.12 bits per heavy atom. The van der Waals surface area contributed by atoms with Crippen LogP contribution in [0.5, 0.6) is 0 Å². The SMILES string of the molecule is CCNCc1sc2ccc(Br)cc2c1C(C)C.